The van der Waals surface area contributed by atoms with Gasteiger partial charge in [0.05, 0.1) is 5.69 Å². The maximum absolute atomic E-state index is 10.4. The number of aliphatic imine (C=N–C) groups is 1. The molecule has 2 aromatic rings. The molecule has 0 bridgehead atoms. The Kier molecular flexibility index (Phi) is 3.77. The maximum Gasteiger partial charge on any atom is 0.240 e. The van der Waals surface area contributed by atoms with Crippen molar-refractivity contribution in [2.45, 2.75) is 6.61 Å². The minimum Gasteiger partial charge on any atom is -0.472 e. The number of aryl methyl sites for hydroxylation is 1. The van der Waals surface area contributed by atoms with Gasteiger partial charge >= 0.3 is 0 Å². The molecule has 0 fully saturated rings. The lowest BCUT2D eigenvalue weighted by Gasteiger charge is -2.08. The molecule has 0 N–H and O–H groups in total. The van der Waals surface area contributed by atoms with Gasteiger partial charge in [-0.1, -0.05) is 12.0 Å². The van der Waals surface area contributed by atoms with Crippen LogP contribution in [0.2, 0.25) is 0 Å². The van der Waals surface area contributed by atoms with Gasteiger partial charge in [-0.25, -0.2) is 4.79 Å². The third-order valence-corrected chi connectivity index (χ3v) is 2.53. The summed E-state index contributed by atoms with van der Waals surface area (Å²) in [5.41, 5.74) is 1.76. The minimum atomic E-state index is 0.192. The molecule has 0 spiro atoms. The van der Waals surface area contributed by atoms with Crippen LogP contribution >= 0.6 is 0 Å². The fourth-order valence-corrected chi connectivity index (χ4v) is 1.63. The number of terminal acetylenes is 1. The molecule has 0 aliphatic heterocycles. The van der Waals surface area contributed by atoms with Crippen molar-refractivity contribution in [2.24, 2.45) is 12.0 Å². The summed E-state index contributed by atoms with van der Waals surface area (Å²) in [6, 6.07) is 6.92. The molecule has 0 atom stereocenters. The van der Waals surface area contributed by atoms with Gasteiger partial charge in [-0.05, 0) is 12.1 Å². The fraction of sp³-hybridized carbons (Fsp3) is 0.143. The predicted molar refractivity (Wildman–Crippen MR) is 69.7 cm³/mol. The van der Waals surface area contributed by atoms with E-state index in [4.69, 9.17) is 11.2 Å². The molecule has 2 rings (SSSR count). The molecule has 0 aliphatic carbocycles. The van der Waals surface area contributed by atoms with E-state index in [9.17, 15) is 4.79 Å². The van der Waals surface area contributed by atoms with E-state index in [1.165, 1.54) is 6.08 Å². The van der Waals surface area contributed by atoms with E-state index in [2.05, 4.69) is 16.0 Å². The summed E-state index contributed by atoms with van der Waals surface area (Å²) in [6.45, 7) is 0.192. The Labute approximate surface area is 110 Å². The smallest absolute Gasteiger partial charge is 0.240 e. The largest absolute Gasteiger partial charge is 0.472 e. The first kappa shape index (κ1) is 12.6. The normalized spacial score (nSPS) is 9.47. The van der Waals surface area contributed by atoms with Gasteiger partial charge in [-0.2, -0.15) is 4.99 Å². The molecule has 19 heavy (non-hydrogen) atoms. The van der Waals surface area contributed by atoms with Gasteiger partial charge in [0, 0.05) is 30.4 Å². The zero-order valence-corrected chi connectivity index (χ0v) is 10.3. The van der Waals surface area contributed by atoms with E-state index in [1.807, 2.05) is 0 Å². The Morgan fingerprint density at radius 3 is 2.95 bits per heavy atom. The van der Waals surface area contributed by atoms with Crippen molar-refractivity contribution in [2.75, 3.05) is 0 Å². The van der Waals surface area contributed by atoms with Gasteiger partial charge in [0.25, 0.3) is 0 Å². The number of ether oxygens (including phenoxy) is 1. The van der Waals surface area contributed by atoms with Crippen molar-refractivity contribution < 1.29 is 9.53 Å². The monoisotopic (exact) mass is 253 g/mol. The lowest BCUT2D eigenvalue weighted by Crippen LogP contribution is -2.00. The number of carbonyl (C=O) groups excluding carboxylic acids is 1. The molecule has 1 aromatic carbocycles. The summed E-state index contributed by atoms with van der Waals surface area (Å²) in [6.07, 6.45) is 8.70. The van der Waals surface area contributed by atoms with Crippen molar-refractivity contribution in [1.29, 1.82) is 0 Å². The molecule has 5 heteroatoms. The van der Waals surface area contributed by atoms with Gasteiger partial charge in [0.1, 0.15) is 6.61 Å². The molecule has 0 saturated carbocycles. The summed E-state index contributed by atoms with van der Waals surface area (Å²) in [4.78, 5) is 14.0. The highest BCUT2D eigenvalue weighted by Gasteiger charge is 2.08. The quantitative estimate of drug-likeness (QED) is 0.475. The van der Waals surface area contributed by atoms with Crippen LogP contribution in [-0.4, -0.2) is 15.9 Å². The third-order valence-electron chi connectivity index (χ3n) is 2.53. The topological polar surface area (TPSA) is 56.5 Å². The number of hydrogen-bond donors (Lipinski definition) is 0. The van der Waals surface area contributed by atoms with Crippen molar-refractivity contribution in [1.82, 2.24) is 9.78 Å². The lowest BCUT2D eigenvalue weighted by atomic mass is 10.1. The molecular weight excluding hydrogens is 242 g/mol. The first-order chi connectivity index (χ1) is 9.24. The first-order valence-electron chi connectivity index (χ1n) is 5.53. The summed E-state index contributed by atoms with van der Waals surface area (Å²) in [5.74, 6) is 3.02. The van der Waals surface area contributed by atoms with Crippen molar-refractivity contribution in [3.8, 4) is 18.2 Å². The average Bonchev–Trinajstić information content (AvgIpc) is 2.83. The zero-order chi connectivity index (χ0) is 13.7. The second kappa shape index (κ2) is 5.67. The van der Waals surface area contributed by atoms with E-state index >= 15 is 0 Å². The Bertz CT molecular complexity index is 676. The highest BCUT2D eigenvalue weighted by molar-refractivity contribution is 5.59. The highest BCUT2D eigenvalue weighted by atomic mass is 16.5. The number of hydrogen-bond acceptors (Lipinski definition) is 4. The second-order valence-corrected chi connectivity index (χ2v) is 3.77. The van der Waals surface area contributed by atoms with Gasteiger partial charge < -0.3 is 4.74 Å². The number of isocyanates is 1. The Morgan fingerprint density at radius 2 is 2.32 bits per heavy atom. The number of aromatic nitrogens is 2. The maximum atomic E-state index is 10.4. The number of rotatable bonds is 4. The van der Waals surface area contributed by atoms with E-state index in [1.54, 1.807) is 42.2 Å². The summed E-state index contributed by atoms with van der Waals surface area (Å²) in [5, 5.41) is 4.09. The van der Waals surface area contributed by atoms with Crippen LogP contribution in [0.25, 0.3) is 0 Å². The third kappa shape index (κ3) is 2.89. The van der Waals surface area contributed by atoms with Crippen LogP contribution < -0.4 is 4.74 Å². The minimum absolute atomic E-state index is 0.192. The van der Waals surface area contributed by atoms with Crippen LogP contribution in [0.15, 0.2) is 35.5 Å². The standard InChI is InChI=1S/C14H11N3O2/c1-3-11-5-4-6-13(15-10-18)12(11)9-19-14-7-8-17(2)16-14/h1,4-8H,9H2,2H3. The van der Waals surface area contributed by atoms with Crippen molar-refractivity contribution >= 4 is 11.8 Å². The van der Waals surface area contributed by atoms with E-state index < -0.39 is 0 Å². The molecule has 5 nitrogen and oxygen atoms in total. The average molecular weight is 253 g/mol. The van der Waals surface area contributed by atoms with Gasteiger partial charge in [0.2, 0.25) is 12.0 Å². The molecule has 94 valence electrons. The molecule has 1 aromatic heterocycles. The molecule has 0 amide bonds. The van der Waals surface area contributed by atoms with Crippen LogP contribution in [0.1, 0.15) is 11.1 Å². The molecule has 0 saturated heterocycles. The zero-order valence-electron chi connectivity index (χ0n) is 10.3. The molecule has 0 unspecified atom stereocenters. The SMILES string of the molecule is C#Cc1cccc(N=C=O)c1COc1ccn(C)n1. The molecule has 0 aliphatic rings. The van der Waals surface area contributed by atoms with Gasteiger partial charge in [0.15, 0.2) is 0 Å². The summed E-state index contributed by atoms with van der Waals surface area (Å²) in [7, 11) is 1.80. The molecular formula is C14H11N3O2. The number of nitrogens with zero attached hydrogens (tertiary/aromatic N) is 3. The van der Waals surface area contributed by atoms with Gasteiger partial charge in [-0.3, -0.25) is 4.68 Å². The molecule has 1 heterocycles. The second-order valence-electron chi connectivity index (χ2n) is 3.77. The van der Waals surface area contributed by atoms with E-state index in [0.29, 0.717) is 22.7 Å². The van der Waals surface area contributed by atoms with Crippen LogP contribution in [0.4, 0.5) is 5.69 Å². The van der Waals surface area contributed by atoms with E-state index in [0.717, 1.165) is 0 Å². The number of benzene rings is 1. The van der Waals surface area contributed by atoms with Crippen molar-refractivity contribution in [3.63, 3.8) is 0 Å². The fourth-order valence-electron chi connectivity index (χ4n) is 1.63. The summed E-state index contributed by atoms with van der Waals surface area (Å²) < 4.78 is 7.16. The Hall–Kier alpha value is -2.83. The van der Waals surface area contributed by atoms with Crippen LogP contribution in [0.3, 0.4) is 0 Å². The van der Waals surface area contributed by atoms with Crippen molar-refractivity contribution in [3.05, 3.63) is 41.6 Å². The van der Waals surface area contributed by atoms with Crippen LogP contribution in [-0.2, 0) is 18.4 Å². The Morgan fingerprint density at radius 1 is 1.47 bits per heavy atom. The summed E-state index contributed by atoms with van der Waals surface area (Å²) >= 11 is 0. The van der Waals surface area contributed by atoms with E-state index in [-0.39, 0.29) is 6.61 Å². The van der Waals surface area contributed by atoms with Crippen LogP contribution in [0.5, 0.6) is 5.88 Å². The predicted octanol–water partition coefficient (Wildman–Crippen LogP) is 1.95. The highest BCUT2D eigenvalue weighted by Crippen LogP contribution is 2.23. The van der Waals surface area contributed by atoms with Crippen LogP contribution in [0, 0.1) is 12.3 Å². The molecule has 0 radical (unpaired) electrons. The lowest BCUT2D eigenvalue weighted by molar-refractivity contribution is 0.291. The van der Waals surface area contributed by atoms with Gasteiger partial charge in [-0.15, -0.1) is 11.5 Å². The Balaban J connectivity index is 2.27. The first-order valence-corrected chi connectivity index (χ1v) is 5.53.